The Morgan fingerprint density at radius 2 is 2.15 bits per heavy atom. The lowest BCUT2D eigenvalue weighted by atomic mass is 9.81. The predicted molar refractivity (Wildman–Crippen MR) is 85.1 cm³/mol. The molecule has 1 saturated carbocycles. The molecule has 0 radical (unpaired) electrons. The van der Waals surface area contributed by atoms with Crippen LogP contribution in [-0.4, -0.2) is 50.3 Å². The maximum atomic E-state index is 5.86. The first-order chi connectivity index (χ1) is 9.65. The minimum Gasteiger partial charge on any atom is -0.381 e. The van der Waals surface area contributed by atoms with E-state index in [2.05, 4.69) is 31.0 Å². The summed E-state index contributed by atoms with van der Waals surface area (Å²) in [6.07, 6.45) is 6.59. The lowest BCUT2D eigenvalue weighted by molar-refractivity contribution is -0.0290. The number of ether oxygens (including phenoxy) is 1. The van der Waals surface area contributed by atoms with Gasteiger partial charge < -0.3 is 10.1 Å². The first-order valence-corrected chi connectivity index (χ1v) is 8.68. The van der Waals surface area contributed by atoms with E-state index in [4.69, 9.17) is 4.74 Å². The summed E-state index contributed by atoms with van der Waals surface area (Å²) in [5.74, 6) is 0.765. The van der Waals surface area contributed by atoms with E-state index in [0.717, 1.165) is 38.3 Å². The van der Waals surface area contributed by atoms with Crippen molar-refractivity contribution in [1.29, 1.82) is 0 Å². The van der Waals surface area contributed by atoms with E-state index in [0.29, 0.717) is 5.41 Å². The van der Waals surface area contributed by atoms with Crippen molar-refractivity contribution >= 4 is 0 Å². The summed E-state index contributed by atoms with van der Waals surface area (Å²) in [6.45, 7) is 13.6. The largest absolute Gasteiger partial charge is 0.381 e. The fourth-order valence-electron chi connectivity index (χ4n) is 3.44. The van der Waals surface area contributed by atoms with Crippen LogP contribution in [0.5, 0.6) is 0 Å². The molecule has 1 saturated heterocycles. The molecule has 1 atom stereocenters. The first kappa shape index (κ1) is 16.3. The molecule has 1 unspecified atom stereocenters. The Bertz CT molecular complexity index is 270. The SMILES string of the molecule is CCCNCC1(CN(CC(C)C)C2CC2)CCCOC1. The number of hydrogen-bond acceptors (Lipinski definition) is 3. The first-order valence-electron chi connectivity index (χ1n) is 8.68. The standard InChI is InChI=1S/C17H34N2O/c1-4-9-18-12-17(8-5-10-20-14-17)13-19(11-15(2)3)16-6-7-16/h15-16,18H,4-14H2,1-3H3. The highest BCUT2D eigenvalue weighted by Crippen LogP contribution is 2.35. The highest BCUT2D eigenvalue weighted by molar-refractivity contribution is 4.93. The second-order valence-corrected chi connectivity index (χ2v) is 7.39. The highest BCUT2D eigenvalue weighted by atomic mass is 16.5. The molecule has 1 aliphatic heterocycles. The quantitative estimate of drug-likeness (QED) is 0.658. The summed E-state index contributed by atoms with van der Waals surface area (Å²) < 4.78 is 5.86. The van der Waals surface area contributed by atoms with Gasteiger partial charge in [-0.1, -0.05) is 20.8 Å². The Labute approximate surface area is 125 Å². The predicted octanol–water partition coefficient (Wildman–Crippen LogP) is 2.90. The lowest BCUT2D eigenvalue weighted by Crippen LogP contribution is -2.50. The Kier molecular flexibility index (Phi) is 6.31. The minimum atomic E-state index is 0.352. The Morgan fingerprint density at radius 1 is 1.35 bits per heavy atom. The van der Waals surface area contributed by atoms with Gasteiger partial charge in [-0.15, -0.1) is 0 Å². The van der Waals surface area contributed by atoms with Gasteiger partial charge in [-0.2, -0.15) is 0 Å². The summed E-state index contributed by atoms with van der Waals surface area (Å²) in [5.41, 5.74) is 0.352. The molecule has 118 valence electrons. The zero-order valence-electron chi connectivity index (χ0n) is 13.8. The molecule has 1 aliphatic carbocycles. The van der Waals surface area contributed by atoms with Crippen LogP contribution in [0.4, 0.5) is 0 Å². The van der Waals surface area contributed by atoms with Crippen LogP contribution in [0.3, 0.4) is 0 Å². The fraction of sp³-hybridized carbons (Fsp3) is 1.00. The smallest absolute Gasteiger partial charge is 0.0546 e. The van der Waals surface area contributed by atoms with Gasteiger partial charge in [0.2, 0.25) is 0 Å². The van der Waals surface area contributed by atoms with Gasteiger partial charge in [-0.3, -0.25) is 4.90 Å². The topological polar surface area (TPSA) is 24.5 Å². The van der Waals surface area contributed by atoms with Crippen molar-refractivity contribution in [3.05, 3.63) is 0 Å². The van der Waals surface area contributed by atoms with E-state index >= 15 is 0 Å². The van der Waals surface area contributed by atoms with Crippen LogP contribution < -0.4 is 5.32 Å². The number of nitrogens with zero attached hydrogens (tertiary/aromatic N) is 1. The molecule has 2 fully saturated rings. The molecule has 2 aliphatic rings. The second-order valence-electron chi connectivity index (χ2n) is 7.39. The van der Waals surface area contributed by atoms with E-state index in [-0.39, 0.29) is 0 Å². The van der Waals surface area contributed by atoms with Crippen molar-refractivity contribution in [2.24, 2.45) is 11.3 Å². The molecule has 20 heavy (non-hydrogen) atoms. The third-order valence-electron chi connectivity index (χ3n) is 4.53. The normalized spacial score (nSPS) is 27.4. The van der Waals surface area contributed by atoms with Gasteiger partial charge in [-0.25, -0.2) is 0 Å². The number of nitrogens with one attached hydrogen (secondary N) is 1. The Hall–Kier alpha value is -0.120. The molecule has 3 heteroatoms. The van der Waals surface area contributed by atoms with Gasteiger partial charge >= 0.3 is 0 Å². The molecule has 0 spiro atoms. The summed E-state index contributed by atoms with van der Waals surface area (Å²) in [4.78, 5) is 2.76. The fourth-order valence-corrected chi connectivity index (χ4v) is 3.44. The molecule has 0 amide bonds. The van der Waals surface area contributed by atoms with E-state index in [9.17, 15) is 0 Å². The van der Waals surface area contributed by atoms with Crippen LogP contribution in [-0.2, 0) is 4.74 Å². The maximum absolute atomic E-state index is 5.86. The monoisotopic (exact) mass is 282 g/mol. The Morgan fingerprint density at radius 3 is 2.70 bits per heavy atom. The molecular formula is C17H34N2O. The molecule has 0 bridgehead atoms. The van der Waals surface area contributed by atoms with E-state index in [1.54, 1.807) is 0 Å². The van der Waals surface area contributed by atoms with Crippen molar-refractivity contribution in [2.45, 2.75) is 58.9 Å². The molecular weight excluding hydrogens is 248 g/mol. The van der Waals surface area contributed by atoms with Crippen LogP contribution in [0.25, 0.3) is 0 Å². The van der Waals surface area contributed by atoms with Crippen molar-refractivity contribution < 1.29 is 4.74 Å². The maximum Gasteiger partial charge on any atom is 0.0546 e. The summed E-state index contributed by atoms with van der Waals surface area (Å²) in [7, 11) is 0. The van der Waals surface area contributed by atoms with Gasteiger partial charge in [-0.05, 0) is 44.6 Å². The summed E-state index contributed by atoms with van der Waals surface area (Å²) in [5, 5.41) is 3.66. The second kappa shape index (κ2) is 7.77. The molecule has 3 nitrogen and oxygen atoms in total. The molecule has 0 aromatic rings. The van der Waals surface area contributed by atoms with Crippen molar-refractivity contribution in [3.63, 3.8) is 0 Å². The van der Waals surface area contributed by atoms with Crippen LogP contribution in [0.15, 0.2) is 0 Å². The molecule has 1 heterocycles. The van der Waals surface area contributed by atoms with Crippen LogP contribution >= 0.6 is 0 Å². The van der Waals surface area contributed by atoms with Gasteiger partial charge in [0.25, 0.3) is 0 Å². The molecule has 0 aromatic heterocycles. The zero-order valence-corrected chi connectivity index (χ0v) is 13.8. The van der Waals surface area contributed by atoms with Crippen LogP contribution in [0.1, 0.15) is 52.9 Å². The molecule has 0 aromatic carbocycles. The van der Waals surface area contributed by atoms with Crippen molar-refractivity contribution in [2.75, 3.05) is 39.4 Å². The third-order valence-corrected chi connectivity index (χ3v) is 4.53. The highest BCUT2D eigenvalue weighted by Gasteiger charge is 2.39. The van der Waals surface area contributed by atoms with Gasteiger partial charge in [0.05, 0.1) is 6.61 Å². The number of hydrogen-bond donors (Lipinski definition) is 1. The van der Waals surface area contributed by atoms with Gasteiger partial charge in [0.1, 0.15) is 0 Å². The van der Waals surface area contributed by atoms with Crippen LogP contribution in [0.2, 0.25) is 0 Å². The van der Waals surface area contributed by atoms with E-state index in [1.165, 1.54) is 45.2 Å². The van der Waals surface area contributed by atoms with E-state index in [1.807, 2.05) is 0 Å². The van der Waals surface area contributed by atoms with Gasteiger partial charge in [0.15, 0.2) is 0 Å². The van der Waals surface area contributed by atoms with Crippen LogP contribution in [0, 0.1) is 11.3 Å². The van der Waals surface area contributed by atoms with Crippen molar-refractivity contribution in [3.8, 4) is 0 Å². The lowest BCUT2D eigenvalue weighted by Gasteiger charge is -2.41. The molecule has 2 rings (SSSR count). The van der Waals surface area contributed by atoms with Gasteiger partial charge in [0, 0.05) is 37.7 Å². The zero-order chi connectivity index (χ0) is 14.4. The summed E-state index contributed by atoms with van der Waals surface area (Å²) >= 11 is 0. The average molecular weight is 282 g/mol. The average Bonchev–Trinajstić information content (AvgIpc) is 3.23. The third kappa shape index (κ3) is 5.01. The number of rotatable bonds is 9. The summed E-state index contributed by atoms with van der Waals surface area (Å²) in [6, 6.07) is 0.863. The molecule has 1 N–H and O–H groups in total. The minimum absolute atomic E-state index is 0.352. The van der Waals surface area contributed by atoms with Crippen molar-refractivity contribution in [1.82, 2.24) is 10.2 Å². The Balaban J connectivity index is 1.93. The van der Waals surface area contributed by atoms with E-state index < -0.39 is 0 Å².